The first-order valence-electron chi connectivity index (χ1n) is 7.99. The first kappa shape index (κ1) is 15.8. The van der Waals surface area contributed by atoms with Crippen molar-refractivity contribution in [2.45, 2.75) is 53.1 Å². The molecule has 0 spiro atoms. The summed E-state index contributed by atoms with van der Waals surface area (Å²) in [5.74, 6) is 0. The van der Waals surface area contributed by atoms with Gasteiger partial charge in [0.25, 0.3) is 0 Å². The summed E-state index contributed by atoms with van der Waals surface area (Å²) in [6.07, 6.45) is 6.43. The molecule has 1 aromatic heterocycles. The van der Waals surface area contributed by atoms with E-state index in [4.69, 9.17) is 0 Å². The van der Waals surface area contributed by atoms with Crippen molar-refractivity contribution >= 4 is 0 Å². The average molecular weight is 285 g/mol. The summed E-state index contributed by atoms with van der Waals surface area (Å²) < 4.78 is 2.05. The molecule has 0 aliphatic heterocycles. The van der Waals surface area contributed by atoms with E-state index in [9.17, 15) is 0 Å². The molecular formula is C18H27N3. The molecular weight excluding hydrogens is 258 g/mol. The fourth-order valence-electron chi connectivity index (χ4n) is 2.84. The Kier molecular flexibility index (Phi) is 5.57. The van der Waals surface area contributed by atoms with E-state index in [1.807, 2.05) is 10.9 Å². The van der Waals surface area contributed by atoms with Gasteiger partial charge in [-0.2, -0.15) is 5.10 Å². The van der Waals surface area contributed by atoms with E-state index in [-0.39, 0.29) is 6.04 Å². The van der Waals surface area contributed by atoms with Gasteiger partial charge in [-0.3, -0.25) is 4.68 Å². The maximum atomic E-state index is 4.50. The summed E-state index contributed by atoms with van der Waals surface area (Å²) in [5, 5.41) is 8.18. The molecule has 1 unspecified atom stereocenters. The summed E-state index contributed by atoms with van der Waals surface area (Å²) >= 11 is 0. The Hall–Kier alpha value is -1.61. The minimum Gasteiger partial charge on any atom is -0.306 e. The van der Waals surface area contributed by atoms with Crippen molar-refractivity contribution in [3.63, 3.8) is 0 Å². The highest BCUT2D eigenvalue weighted by atomic mass is 15.3. The van der Waals surface area contributed by atoms with Gasteiger partial charge >= 0.3 is 0 Å². The van der Waals surface area contributed by atoms with Gasteiger partial charge in [-0.25, -0.2) is 0 Å². The number of nitrogens with one attached hydrogen (secondary N) is 1. The molecule has 1 aromatic carbocycles. The number of hydrogen-bond acceptors (Lipinski definition) is 2. The van der Waals surface area contributed by atoms with Crippen LogP contribution in [0.25, 0.3) is 0 Å². The molecule has 1 heterocycles. The van der Waals surface area contributed by atoms with E-state index in [0.717, 1.165) is 25.9 Å². The molecule has 3 heteroatoms. The quantitative estimate of drug-likeness (QED) is 0.833. The first-order valence-corrected chi connectivity index (χ1v) is 7.99. The number of rotatable bonds is 7. The molecule has 0 radical (unpaired) electrons. The zero-order valence-electron chi connectivity index (χ0n) is 13.7. The van der Waals surface area contributed by atoms with Crippen LogP contribution in [0.1, 0.15) is 55.0 Å². The monoisotopic (exact) mass is 285 g/mol. The van der Waals surface area contributed by atoms with Crippen molar-refractivity contribution in [2.75, 3.05) is 6.54 Å². The van der Waals surface area contributed by atoms with Crippen LogP contribution >= 0.6 is 0 Å². The van der Waals surface area contributed by atoms with Crippen LogP contribution in [0.15, 0.2) is 30.6 Å². The second kappa shape index (κ2) is 7.41. The normalized spacial score (nSPS) is 12.6. The molecule has 3 nitrogen and oxygen atoms in total. The number of nitrogens with zero attached hydrogens (tertiary/aromatic N) is 2. The van der Waals surface area contributed by atoms with Crippen molar-refractivity contribution in [2.24, 2.45) is 0 Å². The molecule has 1 N–H and O–H groups in total. The summed E-state index contributed by atoms with van der Waals surface area (Å²) in [6, 6.07) is 6.75. The van der Waals surface area contributed by atoms with Crippen LogP contribution < -0.4 is 5.32 Å². The standard InChI is InChI=1S/C18H27N3/c1-5-10-19-18(16-12-20-21(13-16)11-6-2)17-14(3)8-7-9-15(17)4/h7-9,12-13,18-19H,5-6,10-11H2,1-4H3. The molecule has 1 atom stereocenters. The summed E-state index contributed by atoms with van der Waals surface area (Å²) in [6.45, 7) is 10.8. The molecule has 0 saturated carbocycles. The van der Waals surface area contributed by atoms with Gasteiger partial charge in [0.15, 0.2) is 0 Å². The summed E-state index contributed by atoms with van der Waals surface area (Å²) in [5.41, 5.74) is 5.33. The number of aryl methyl sites for hydroxylation is 3. The summed E-state index contributed by atoms with van der Waals surface area (Å²) in [7, 11) is 0. The topological polar surface area (TPSA) is 29.9 Å². The zero-order valence-corrected chi connectivity index (χ0v) is 13.7. The van der Waals surface area contributed by atoms with E-state index in [1.165, 1.54) is 22.3 Å². The smallest absolute Gasteiger partial charge is 0.0613 e. The van der Waals surface area contributed by atoms with Gasteiger partial charge in [0, 0.05) is 18.3 Å². The molecule has 0 bridgehead atoms. The van der Waals surface area contributed by atoms with Crippen LogP contribution in [-0.4, -0.2) is 16.3 Å². The fraction of sp³-hybridized carbons (Fsp3) is 0.500. The first-order chi connectivity index (χ1) is 10.2. The highest BCUT2D eigenvalue weighted by molar-refractivity contribution is 5.41. The van der Waals surface area contributed by atoms with Gasteiger partial charge < -0.3 is 5.32 Å². The van der Waals surface area contributed by atoms with Crippen molar-refractivity contribution in [3.05, 3.63) is 52.8 Å². The Morgan fingerprint density at radius 3 is 2.48 bits per heavy atom. The van der Waals surface area contributed by atoms with Crippen molar-refractivity contribution < 1.29 is 0 Å². The molecule has 2 aromatic rings. The third kappa shape index (κ3) is 3.73. The second-order valence-electron chi connectivity index (χ2n) is 5.73. The van der Waals surface area contributed by atoms with Crippen molar-refractivity contribution in [1.29, 1.82) is 0 Å². The van der Waals surface area contributed by atoms with Crippen LogP contribution in [0.3, 0.4) is 0 Å². The van der Waals surface area contributed by atoms with E-state index in [1.54, 1.807) is 0 Å². The second-order valence-corrected chi connectivity index (χ2v) is 5.73. The van der Waals surface area contributed by atoms with Gasteiger partial charge in [-0.1, -0.05) is 32.0 Å². The lowest BCUT2D eigenvalue weighted by molar-refractivity contribution is 0.585. The largest absolute Gasteiger partial charge is 0.306 e. The minimum absolute atomic E-state index is 0.233. The van der Waals surface area contributed by atoms with Crippen LogP contribution in [-0.2, 0) is 6.54 Å². The molecule has 21 heavy (non-hydrogen) atoms. The number of aromatic nitrogens is 2. The molecule has 114 valence electrons. The van der Waals surface area contributed by atoms with Gasteiger partial charge in [-0.15, -0.1) is 0 Å². The van der Waals surface area contributed by atoms with Gasteiger partial charge in [0.05, 0.1) is 12.2 Å². The Morgan fingerprint density at radius 1 is 1.14 bits per heavy atom. The molecule has 0 aliphatic carbocycles. The molecule has 2 rings (SSSR count). The Balaban J connectivity index is 2.37. The van der Waals surface area contributed by atoms with Crippen LogP contribution in [0, 0.1) is 13.8 Å². The molecule has 0 amide bonds. The van der Waals surface area contributed by atoms with E-state index >= 15 is 0 Å². The van der Waals surface area contributed by atoms with Gasteiger partial charge in [0.1, 0.15) is 0 Å². The minimum atomic E-state index is 0.233. The predicted molar refractivity (Wildman–Crippen MR) is 88.6 cm³/mol. The van der Waals surface area contributed by atoms with Crippen molar-refractivity contribution in [1.82, 2.24) is 15.1 Å². The highest BCUT2D eigenvalue weighted by Gasteiger charge is 2.19. The average Bonchev–Trinajstić information content (AvgIpc) is 2.91. The van der Waals surface area contributed by atoms with E-state index in [0.29, 0.717) is 0 Å². The lowest BCUT2D eigenvalue weighted by Gasteiger charge is -2.22. The third-order valence-corrected chi connectivity index (χ3v) is 3.87. The Labute approximate surface area is 128 Å². The van der Waals surface area contributed by atoms with E-state index in [2.05, 4.69) is 62.5 Å². The molecule has 0 aliphatic rings. The fourth-order valence-corrected chi connectivity index (χ4v) is 2.84. The van der Waals surface area contributed by atoms with Gasteiger partial charge in [-0.05, 0) is 49.9 Å². The van der Waals surface area contributed by atoms with E-state index < -0.39 is 0 Å². The highest BCUT2D eigenvalue weighted by Crippen LogP contribution is 2.27. The van der Waals surface area contributed by atoms with Crippen molar-refractivity contribution in [3.8, 4) is 0 Å². The molecule has 0 saturated heterocycles. The number of benzene rings is 1. The lowest BCUT2D eigenvalue weighted by atomic mass is 9.92. The molecule has 0 fully saturated rings. The van der Waals surface area contributed by atoms with Crippen LogP contribution in [0.5, 0.6) is 0 Å². The predicted octanol–water partition coefficient (Wildman–Crippen LogP) is 4.00. The van der Waals surface area contributed by atoms with Crippen LogP contribution in [0.2, 0.25) is 0 Å². The van der Waals surface area contributed by atoms with Gasteiger partial charge in [0.2, 0.25) is 0 Å². The zero-order chi connectivity index (χ0) is 15.2. The lowest BCUT2D eigenvalue weighted by Crippen LogP contribution is -2.24. The third-order valence-electron chi connectivity index (χ3n) is 3.87. The number of hydrogen-bond donors (Lipinski definition) is 1. The van der Waals surface area contributed by atoms with Crippen LogP contribution in [0.4, 0.5) is 0 Å². The summed E-state index contributed by atoms with van der Waals surface area (Å²) in [4.78, 5) is 0. The Bertz CT molecular complexity index is 551. The maximum Gasteiger partial charge on any atom is 0.0613 e. The SMILES string of the molecule is CCCNC(c1cnn(CCC)c1)c1c(C)cccc1C. The Morgan fingerprint density at radius 2 is 1.86 bits per heavy atom. The maximum absolute atomic E-state index is 4.50.